The highest BCUT2D eigenvalue weighted by Gasteiger charge is 2.37. The second-order valence-electron chi connectivity index (χ2n) is 7.72. The number of rotatable bonds is 6. The van der Waals surface area contributed by atoms with E-state index in [4.69, 9.17) is 4.74 Å². The van der Waals surface area contributed by atoms with Gasteiger partial charge in [-0.15, -0.1) is 0 Å². The lowest BCUT2D eigenvalue weighted by molar-refractivity contribution is 0.177. The van der Waals surface area contributed by atoms with Crippen LogP contribution in [0, 0.1) is 5.92 Å². The summed E-state index contributed by atoms with van der Waals surface area (Å²) in [5.41, 5.74) is 3.38. The van der Waals surface area contributed by atoms with Crippen LogP contribution in [-0.2, 0) is 4.74 Å². The normalized spacial score (nSPS) is 17.1. The lowest BCUT2D eigenvalue weighted by Gasteiger charge is -2.23. The number of pyridine rings is 1. The van der Waals surface area contributed by atoms with Crippen molar-refractivity contribution in [3.8, 4) is 11.1 Å². The van der Waals surface area contributed by atoms with Gasteiger partial charge in [-0.1, -0.05) is 38.1 Å². The molecule has 1 saturated heterocycles. The monoisotopic (exact) mass is 403 g/mol. The van der Waals surface area contributed by atoms with Gasteiger partial charge in [0.15, 0.2) is 0 Å². The van der Waals surface area contributed by atoms with Crippen molar-refractivity contribution in [3.05, 3.63) is 66.6 Å². The molecule has 2 aromatic heterocycles. The summed E-state index contributed by atoms with van der Waals surface area (Å²) in [6, 6.07) is 14.0. The molecule has 0 aliphatic carbocycles. The lowest BCUT2D eigenvalue weighted by Crippen LogP contribution is -2.37. The topological polar surface area (TPSA) is 80.2 Å². The highest BCUT2D eigenvalue weighted by Crippen LogP contribution is 2.27. The van der Waals surface area contributed by atoms with E-state index in [2.05, 4.69) is 65.3 Å². The van der Waals surface area contributed by atoms with Crippen LogP contribution in [-0.4, -0.2) is 33.7 Å². The van der Waals surface area contributed by atoms with Crippen LogP contribution in [0.3, 0.4) is 0 Å². The van der Waals surface area contributed by atoms with E-state index >= 15 is 0 Å². The third-order valence-corrected chi connectivity index (χ3v) is 5.33. The number of aromatic nitrogens is 3. The van der Waals surface area contributed by atoms with Crippen molar-refractivity contribution in [2.75, 3.05) is 16.8 Å². The molecular weight excluding hydrogens is 378 g/mol. The summed E-state index contributed by atoms with van der Waals surface area (Å²) >= 11 is 0. The highest BCUT2D eigenvalue weighted by molar-refractivity contribution is 5.89. The average Bonchev–Trinajstić information content (AvgIpc) is 3.16. The molecule has 0 radical (unpaired) electrons. The minimum Gasteiger partial charge on any atom is -0.447 e. The van der Waals surface area contributed by atoms with Crippen molar-refractivity contribution in [1.82, 2.24) is 15.0 Å². The zero-order valence-electron chi connectivity index (χ0n) is 17.3. The van der Waals surface area contributed by atoms with Crippen molar-refractivity contribution in [2.24, 2.45) is 5.92 Å². The number of cyclic esters (lactones) is 1. The maximum Gasteiger partial charge on any atom is 0.415 e. The molecule has 154 valence electrons. The summed E-state index contributed by atoms with van der Waals surface area (Å²) in [6.07, 6.45) is 4.88. The van der Waals surface area contributed by atoms with Crippen molar-refractivity contribution >= 4 is 17.9 Å². The van der Waals surface area contributed by atoms with E-state index in [9.17, 15) is 4.79 Å². The number of benzene rings is 1. The number of anilines is 2. The summed E-state index contributed by atoms with van der Waals surface area (Å²) in [6.45, 7) is 6.57. The molecule has 4 rings (SSSR count). The molecule has 7 nitrogen and oxygen atoms in total. The van der Waals surface area contributed by atoms with E-state index in [1.807, 2.05) is 12.1 Å². The first kappa shape index (κ1) is 19.8. The Morgan fingerprint density at radius 3 is 2.40 bits per heavy atom. The summed E-state index contributed by atoms with van der Waals surface area (Å²) in [5.74, 6) is 1.29. The average molecular weight is 403 g/mol. The molecule has 1 N–H and O–H groups in total. The van der Waals surface area contributed by atoms with Crippen LogP contribution >= 0.6 is 0 Å². The Labute approximate surface area is 176 Å². The number of hydrogen-bond acceptors (Lipinski definition) is 6. The molecular formula is C23H25N5O2. The standard InChI is InChI=1S/C23H25N5O2/c1-15(2)20-14-30-23(29)28(20)21-10-13-25-22(27-21)26-16(3)17-4-6-18(7-5-17)19-8-11-24-12-9-19/h4-13,15-16,20H,14H2,1-3H3,(H,25,26,27)/t16-,20-/m1/s1. The minimum atomic E-state index is -0.363. The summed E-state index contributed by atoms with van der Waals surface area (Å²) in [7, 11) is 0. The van der Waals surface area contributed by atoms with Gasteiger partial charge in [-0.05, 0) is 47.7 Å². The Balaban J connectivity index is 1.49. The third kappa shape index (κ3) is 4.10. The molecule has 0 spiro atoms. The largest absolute Gasteiger partial charge is 0.447 e. The molecule has 1 aromatic carbocycles. The number of carbonyl (C=O) groups is 1. The quantitative estimate of drug-likeness (QED) is 0.643. The molecule has 1 aliphatic rings. The summed E-state index contributed by atoms with van der Waals surface area (Å²) in [4.78, 5) is 26.8. The van der Waals surface area contributed by atoms with Gasteiger partial charge in [0.05, 0.1) is 12.1 Å². The molecule has 0 unspecified atom stereocenters. The van der Waals surface area contributed by atoms with Gasteiger partial charge in [0.1, 0.15) is 12.4 Å². The van der Waals surface area contributed by atoms with Gasteiger partial charge in [0, 0.05) is 18.6 Å². The maximum atomic E-state index is 12.2. The van der Waals surface area contributed by atoms with E-state index < -0.39 is 0 Å². The van der Waals surface area contributed by atoms with Gasteiger partial charge >= 0.3 is 6.09 Å². The number of carbonyl (C=O) groups excluding carboxylic acids is 1. The van der Waals surface area contributed by atoms with Crippen LogP contribution in [0.4, 0.5) is 16.6 Å². The van der Waals surface area contributed by atoms with Crippen LogP contribution in [0.5, 0.6) is 0 Å². The molecule has 30 heavy (non-hydrogen) atoms. The van der Waals surface area contributed by atoms with Crippen LogP contribution in [0.25, 0.3) is 11.1 Å². The zero-order valence-corrected chi connectivity index (χ0v) is 17.3. The predicted octanol–water partition coefficient (Wildman–Crippen LogP) is 4.69. The Bertz CT molecular complexity index is 1010. The van der Waals surface area contributed by atoms with E-state index in [0.717, 1.165) is 16.7 Å². The first-order chi connectivity index (χ1) is 14.5. The van der Waals surface area contributed by atoms with Crippen LogP contribution in [0.15, 0.2) is 61.1 Å². The number of amides is 1. The molecule has 0 saturated carbocycles. The van der Waals surface area contributed by atoms with Crippen LogP contribution in [0.2, 0.25) is 0 Å². The molecule has 1 aliphatic heterocycles. The smallest absolute Gasteiger partial charge is 0.415 e. The van der Waals surface area contributed by atoms with Gasteiger partial charge < -0.3 is 10.1 Å². The molecule has 2 atom stereocenters. The molecule has 1 amide bonds. The van der Waals surface area contributed by atoms with Crippen LogP contribution in [0.1, 0.15) is 32.4 Å². The second-order valence-corrected chi connectivity index (χ2v) is 7.72. The van der Waals surface area contributed by atoms with Crippen molar-refractivity contribution in [3.63, 3.8) is 0 Å². The van der Waals surface area contributed by atoms with Gasteiger partial charge in [0.2, 0.25) is 5.95 Å². The van der Waals surface area contributed by atoms with Gasteiger partial charge in [-0.3, -0.25) is 9.88 Å². The van der Waals surface area contributed by atoms with Gasteiger partial charge in [-0.25, -0.2) is 9.78 Å². The van der Waals surface area contributed by atoms with Crippen molar-refractivity contribution < 1.29 is 9.53 Å². The first-order valence-corrected chi connectivity index (χ1v) is 10.1. The Hall–Kier alpha value is -3.48. The third-order valence-electron chi connectivity index (χ3n) is 5.33. The fraction of sp³-hybridized carbons (Fsp3) is 0.304. The summed E-state index contributed by atoms with van der Waals surface area (Å²) < 4.78 is 5.23. The van der Waals surface area contributed by atoms with E-state index in [1.54, 1.807) is 29.6 Å². The molecule has 3 aromatic rings. The summed E-state index contributed by atoms with van der Waals surface area (Å²) in [5, 5.41) is 3.33. The number of hydrogen-bond donors (Lipinski definition) is 1. The van der Waals surface area contributed by atoms with E-state index in [0.29, 0.717) is 18.4 Å². The second kappa shape index (κ2) is 8.49. The number of ether oxygens (including phenoxy) is 1. The first-order valence-electron chi connectivity index (χ1n) is 10.1. The Morgan fingerprint density at radius 2 is 1.70 bits per heavy atom. The molecule has 3 heterocycles. The fourth-order valence-electron chi connectivity index (χ4n) is 3.53. The molecule has 0 bridgehead atoms. The van der Waals surface area contributed by atoms with E-state index in [-0.39, 0.29) is 24.1 Å². The molecule has 7 heteroatoms. The van der Waals surface area contributed by atoms with Crippen LogP contribution < -0.4 is 10.2 Å². The van der Waals surface area contributed by atoms with Crippen molar-refractivity contribution in [1.29, 1.82) is 0 Å². The number of nitrogens with one attached hydrogen (secondary N) is 1. The SMILES string of the molecule is CC(C)[C@H]1COC(=O)N1c1ccnc(N[C@H](C)c2ccc(-c3ccncc3)cc2)n1. The zero-order chi connectivity index (χ0) is 21.1. The minimum absolute atomic E-state index is 0.00170. The van der Waals surface area contributed by atoms with E-state index in [1.165, 1.54) is 0 Å². The van der Waals surface area contributed by atoms with Crippen molar-refractivity contribution in [2.45, 2.75) is 32.9 Å². The predicted molar refractivity (Wildman–Crippen MR) is 116 cm³/mol. The number of nitrogens with zero attached hydrogens (tertiary/aromatic N) is 4. The molecule has 1 fully saturated rings. The Kier molecular flexibility index (Phi) is 5.61. The fourth-order valence-corrected chi connectivity index (χ4v) is 3.53. The lowest BCUT2D eigenvalue weighted by atomic mass is 10.0. The van der Waals surface area contributed by atoms with Gasteiger partial charge in [0.25, 0.3) is 0 Å². The Morgan fingerprint density at radius 1 is 1.00 bits per heavy atom. The van der Waals surface area contributed by atoms with Gasteiger partial charge in [-0.2, -0.15) is 4.98 Å². The highest BCUT2D eigenvalue weighted by atomic mass is 16.6. The maximum absolute atomic E-state index is 12.2.